The van der Waals surface area contributed by atoms with Crippen LogP contribution in [0.4, 0.5) is 0 Å². The van der Waals surface area contributed by atoms with E-state index in [1.165, 1.54) is 12.8 Å². The summed E-state index contributed by atoms with van der Waals surface area (Å²) in [4.78, 5) is 0. The predicted octanol–water partition coefficient (Wildman–Crippen LogP) is 2.79. The van der Waals surface area contributed by atoms with Crippen LogP contribution in [0.1, 0.15) is 39.0 Å². The summed E-state index contributed by atoms with van der Waals surface area (Å²) < 4.78 is 0. The molecule has 0 aliphatic rings. The smallest absolute Gasteiger partial charge is 0.00886 e. The first-order valence-electron chi connectivity index (χ1n) is 3.66. The van der Waals surface area contributed by atoms with Crippen molar-refractivity contribution >= 4 is 0 Å². The quantitative estimate of drug-likeness (QED) is 0.400. The molecule has 0 fully saturated rings. The predicted molar refractivity (Wildman–Crippen MR) is 41.9 cm³/mol. The lowest BCUT2D eigenvalue weighted by molar-refractivity contribution is 0.827. The Bertz CT molecular complexity index is 92.3. The van der Waals surface area contributed by atoms with Crippen LogP contribution in [0.2, 0.25) is 0 Å². The van der Waals surface area contributed by atoms with Crippen LogP contribution in [-0.2, 0) is 0 Å². The van der Waals surface area contributed by atoms with Crippen LogP contribution in [0.3, 0.4) is 0 Å². The van der Waals surface area contributed by atoms with E-state index in [0.717, 1.165) is 19.3 Å². The van der Waals surface area contributed by atoms with E-state index in [0.29, 0.717) is 0 Å². The van der Waals surface area contributed by atoms with Gasteiger partial charge in [-0.3, -0.25) is 0 Å². The molecule has 0 nitrogen and oxygen atoms in total. The monoisotopic (exact) mass is 123 g/mol. The Morgan fingerprint density at radius 3 is 2.44 bits per heavy atom. The Morgan fingerprint density at radius 2 is 1.89 bits per heavy atom. The molecule has 0 spiro atoms. The molecule has 0 aromatic heterocycles. The van der Waals surface area contributed by atoms with Gasteiger partial charge in [0.25, 0.3) is 0 Å². The highest BCUT2D eigenvalue weighted by Crippen LogP contribution is 1.91. The van der Waals surface area contributed by atoms with Gasteiger partial charge in [-0.15, -0.1) is 11.8 Å². The van der Waals surface area contributed by atoms with Crippen molar-refractivity contribution in [1.82, 2.24) is 0 Å². The Morgan fingerprint density at radius 1 is 1.22 bits per heavy atom. The molecule has 1 radical (unpaired) electrons. The van der Waals surface area contributed by atoms with E-state index < -0.39 is 0 Å². The molecule has 0 rings (SSSR count). The first-order chi connectivity index (χ1) is 4.41. The molecule has 0 saturated carbocycles. The second kappa shape index (κ2) is 7.56. The maximum absolute atomic E-state index is 3.70. The number of rotatable bonds is 3. The van der Waals surface area contributed by atoms with Gasteiger partial charge in [-0.1, -0.05) is 20.3 Å². The maximum Gasteiger partial charge on any atom is 0.00886 e. The average molecular weight is 123 g/mol. The number of unbranched alkanes of at least 4 members (excludes halogenated alkanes) is 3. The van der Waals surface area contributed by atoms with Crippen LogP contribution in [0.5, 0.6) is 0 Å². The zero-order chi connectivity index (χ0) is 6.95. The van der Waals surface area contributed by atoms with Crippen LogP contribution < -0.4 is 0 Å². The zero-order valence-electron chi connectivity index (χ0n) is 6.24. The Balaban J connectivity index is 2.96. The molecule has 0 N–H and O–H groups in total. The van der Waals surface area contributed by atoms with E-state index in [-0.39, 0.29) is 0 Å². The van der Waals surface area contributed by atoms with Crippen molar-refractivity contribution in [3.05, 3.63) is 6.92 Å². The van der Waals surface area contributed by atoms with E-state index in [1.54, 1.807) is 0 Å². The van der Waals surface area contributed by atoms with Crippen LogP contribution in [0, 0.1) is 18.8 Å². The highest BCUT2D eigenvalue weighted by atomic mass is 13.8. The normalized spacial score (nSPS) is 8.22. The summed E-state index contributed by atoms with van der Waals surface area (Å²) in [7, 11) is 0. The molecule has 0 aliphatic carbocycles. The summed E-state index contributed by atoms with van der Waals surface area (Å²) in [6.07, 6.45) is 5.46. The minimum Gasteiger partial charge on any atom is -0.103 e. The van der Waals surface area contributed by atoms with Crippen molar-refractivity contribution < 1.29 is 0 Å². The molecular weight excluding hydrogens is 108 g/mol. The molecule has 0 aliphatic heterocycles. The third-order valence-electron chi connectivity index (χ3n) is 1.08. The molecule has 0 heterocycles. The van der Waals surface area contributed by atoms with Gasteiger partial charge in [0, 0.05) is 12.8 Å². The summed E-state index contributed by atoms with van der Waals surface area (Å²) in [5.41, 5.74) is 0. The Labute approximate surface area is 58.7 Å². The van der Waals surface area contributed by atoms with Gasteiger partial charge in [0.1, 0.15) is 0 Å². The Hall–Kier alpha value is -0.440. The summed E-state index contributed by atoms with van der Waals surface area (Å²) in [5, 5.41) is 0. The van der Waals surface area contributed by atoms with E-state index in [1.807, 2.05) is 0 Å². The van der Waals surface area contributed by atoms with Crippen molar-refractivity contribution in [3.8, 4) is 11.8 Å². The fourth-order valence-corrected chi connectivity index (χ4v) is 0.530. The molecule has 0 heteroatoms. The second-order valence-corrected chi connectivity index (χ2v) is 2.06. The Kier molecular flexibility index (Phi) is 7.19. The van der Waals surface area contributed by atoms with Gasteiger partial charge >= 0.3 is 0 Å². The molecule has 9 heavy (non-hydrogen) atoms. The van der Waals surface area contributed by atoms with Gasteiger partial charge in [0.2, 0.25) is 0 Å². The third kappa shape index (κ3) is 7.56. The van der Waals surface area contributed by atoms with E-state index >= 15 is 0 Å². The summed E-state index contributed by atoms with van der Waals surface area (Å²) in [6.45, 7) is 5.88. The molecule has 0 amide bonds. The standard InChI is InChI=1S/C9H15/c1-3-5-7-9-8-6-4-2/h1,3-6,8H2,2H3. The van der Waals surface area contributed by atoms with Crippen molar-refractivity contribution in [2.45, 2.75) is 39.0 Å². The lowest BCUT2D eigenvalue weighted by atomic mass is 10.2. The molecule has 0 aromatic carbocycles. The van der Waals surface area contributed by atoms with E-state index in [4.69, 9.17) is 0 Å². The van der Waals surface area contributed by atoms with Crippen molar-refractivity contribution in [2.75, 3.05) is 0 Å². The molecule has 0 atom stereocenters. The van der Waals surface area contributed by atoms with Crippen LogP contribution in [0.15, 0.2) is 0 Å². The highest BCUT2D eigenvalue weighted by Gasteiger charge is 1.75. The molecule has 51 valence electrons. The lowest BCUT2D eigenvalue weighted by Crippen LogP contribution is -1.67. The molecule has 0 bridgehead atoms. The fourth-order valence-electron chi connectivity index (χ4n) is 0.530. The average Bonchev–Trinajstić information content (AvgIpc) is 1.89. The van der Waals surface area contributed by atoms with Gasteiger partial charge in [-0.2, -0.15) is 0 Å². The second-order valence-electron chi connectivity index (χ2n) is 2.06. The lowest BCUT2D eigenvalue weighted by Gasteiger charge is -1.83. The van der Waals surface area contributed by atoms with Crippen molar-refractivity contribution in [1.29, 1.82) is 0 Å². The van der Waals surface area contributed by atoms with Crippen molar-refractivity contribution in [2.24, 2.45) is 0 Å². The zero-order valence-corrected chi connectivity index (χ0v) is 6.24. The summed E-state index contributed by atoms with van der Waals surface area (Å²) >= 11 is 0. The van der Waals surface area contributed by atoms with Crippen LogP contribution in [0.25, 0.3) is 0 Å². The maximum atomic E-state index is 3.70. The molecule has 0 aromatic rings. The summed E-state index contributed by atoms with van der Waals surface area (Å²) in [5.74, 6) is 6.15. The minimum absolute atomic E-state index is 0.944. The number of hydrogen-bond acceptors (Lipinski definition) is 0. The third-order valence-corrected chi connectivity index (χ3v) is 1.08. The summed E-state index contributed by atoms with van der Waals surface area (Å²) in [6, 6.07) is 0. The van der Waals surface area contributed by atoms with E-state index in [2.05, 4.69) is 25.7 Å². The van der Waals surface area contributed by atoms with Crippen LogP contribution >= 0.6 is 0 Å². The van der Waals surface area contributed by atoms with Gasteiger partial charge in [-0.25, -0.2) is 0 Å². The van der Waals surface area contributed by atoms with Crippen LogP contribution in [-0.4, -0.2) is 0 Å². The SMILES string of the molecule is [CH2]CCC#CCCCC. The highest BCUT2D eigenvalue weighted by molar-refractivity contribution is 4.98. The van der Waals surface area contributed by atoms with Gasteiger partial charge in [-0.05, 0) is 12.8 Å². The van der Waals surface area contributed by atoms with E-state index in [9.17, 15) is 0 Å². The molecular formula is C9H15. The molecule has 0 saturated heterocycles. The first kappa shape index (κ1) is 8.56. The minimum atomic E-state index is 0.944. The fraction of sp³-hybridized carbons (Fsp3) is 0.667. The van der Waals surface area contributed by atoms with Gasteiger partial charge in [0.15, 0.2) is 0 Å². The van der Waals surface area contributed by atoms with Gasteiger partial charge < -0.3 is 0 Å². The van der Waals surface area contributed by atoms with Crippen molar-refractivity contribution in [3.63, 3.8) is 0 Å². The van der Waals surface area contributed by atoms with Gasteiger partial charge in [0.05, 0.1) is 0 Å². The largest absolute Gasteiger partial charge is 0.103 e. The topological polar surface area (TPSA) is 0 Å². The molecule has 0 unspecified atom stereocenters. The number of hydrogen-bond donors (Lipinski definition) is 0. The first-order valence-corrected chi connectivity index (χ1v) is 3.66.